The first-order valence-corrected chi connectivity index (χ1v) is 13.0. The van der Waals surface area contributed by atoms with Crippen LogP contribution in [0.3, 0.4) is 0 Å². The summed E-state index contributed by atoms with van der Waals surface area (Å²) in [6.07, 6.45) is 4.25. The number of anilines is 1. The van der Waals surface area contributed by atoms with Gasteiger partial charge in [-0.25, -0.2) is 8.42 Å². The lowest BCUT2D eigenvalue weighted by atomic mass is 10.2. The number of ether oxygens (including phenoxy) is 1. The fourth-order valence-electron chi connectivity index (χ4n) is 3.94. The number of sulfone groups is 1. The van der Waals surface area contributed by atoms with Crippen molar-refractivity contribution in [3.8, 4) is 5.75 Å². The molecule has 1 aliphatic heterocycles. The zero-order valence-electron chi connectivity index (χ0n) is 19.6. The first-order valence-electron chi connectivity index (χ1n) is 11.1. The minimum absolute atomic E-state index is 0.126. The van der Waals surface area contributed by atoms with E-state index < -0.39 is 9.84 Å². The van der Waals surface area contributed by atoms with Crippen LogP contribution in [0.5, 0.6) is 5.75 Å². The minimum Gasteiger partial charge on any atom is -0.492 e. The van der Waals surface area contributed by atoms with Crippen LogP contribution < -0.4 is 9.64 Å². The number of nitrogens with zero attached hydrogens (tertiary/aromatic N) is 5. The second-order valence-corrected chi connectivity index (χ2v) is 10.5. The van der Waals surface area contributed by atoms with Crippen molar-refractivity contribution >= 4 is 21.7 Å². The topological polar surface area (TPSA) is 111 Å². The van der Waals surface area contributed by atoms with Crippen LogP contribution in [-0.2, 0) is 34.3 Å². The molecule has 10 nitrogen and oxygen atoms in total. The Morgan fingerprint density at radius 2 is 1.94 bits per heavy atom. The van der Waals surface area contributed by atoms with Gasteiger partial charge in [-0.05, 0) is 43.7 Å². The summed E-state index contributed by atoms with van der Waals surface area (Å²) in [5.74, 6) is 2.90. The average molecular weight is 488 g/mol. The molecule has 0 radical (unpaired) electrons. The van der Waals surface area contributed by atoms with Crippen LogP contribution in [-0.4, -0.2) is 60.4 Å². The maximum atomic E-state index is 12.2. The predicted octanol–water partition coefficient (Wildman–Crippen LogP) is 2.42. The number of carbonyl (C=O) groups excluding carboxylic acids is 1. The molecule has 11 heteroatoms. The minimum atomic E-state index is -3.26. The lowest BCUT2D eigenvalue weighted by Crippen LogP contribution is -2.28. The number of rotatable bonds is 10. The molecule has 0 atom stereocenters. The second-order valence-electron chi connectivity index (χ2n) is 8.44. The molecule has 1 saturated heterocycles. The zero-order valence-corrected chi connectivity index (χ0v) is 20.4. The van der Waals surface area contributed by atoms with Crippen molar-refractivity contribution in [1.29, 1.82) is 0 Å². The van der Waals surface area contributed by atoms with Gasteiger partial charge in [-0.2, -0.15) is 0 Å². The molecule has 0 unspecified atom stereocenters. The lowest BCUT2D eigenvalue weighted by molar-refractivity contribution is -0.128. The summed E-state index contributed by atoms with van der Waals surface area (Å²) in [5.41, 5.74) is 1.05. The highest BCUT2D eigenvalue weighted by atomic mass is 32.2. The van der Waals surface area contributed by atoms with E-state index in [1.165, 1.54) is 18.4 Å². The molecule has 0 spiro atoms. The first-order chi connectivity index (χ1) is 16.2. The van der Waals surface area contributed by atoms with Crippen molar-refractivity contribution in [1.82, 2.24) is 19.7 Å². The standard InChI is InChI=1S/C23H29N5O5S/c1-17-18(10-13-32-17)15-26(2)23-25-24-21(16-27-11-4-5-22(27)29)28(23)12-14-33-19-6-8-20(9-7-19)34(3,30)31/h6-10,13H,4-5,11-12,14-16H2,1-3H3. The lowest BCUT2D eigenvalue weighted by Gasteiger charge is -2.21. The summed E-state index contributed by atoms with van der Waals surface area (Å²) in [7, 11) is -1.32. The molecule has 182 valence electrons. The highest BCUT2D eigenvalue weighted by Crippen LogP contribution is 2.21. The van der Waals surface area contributed by atoms with E-state index in [4.69, 9.17) is 9.15 Å². The van der Waals surface area contributed by atoms with E-state index in [2.05, 4.69) is 10.2 Å². The third kappa shape index (κ3) is 5.41. The summed E-state index contributed by atoms with van der Waals surface area (Å²) in [6, 6.07) is 8.27. The smallest absolute Gasteiger partial charge is 0.227 e. The molecule has 1 amide bonds. The molecule has 4 rings (SSSR count). The van der Waals surface area contributed by atoms with Crippen LogP contribution in [0.25, 0.3) is 0 Å². The highest BCUT2D eigenvalue weighted by molar-refractivity contribution is 7.90. The predicted molar refractivity (Wildman–Crippen MR) is 125 cm³/mol. The Labute approximate surface area is 199 Å². The highest BCUT2D eigenvalue weighted by Gasteiger charge is 2.24. The number of furan rings is 1. The molecule has 0 saturated carbocycles. The summed E-state index contributed by atoms with van der Waals surface area (Å²) >= 11 is 0. The first kappa shape index (κ1) is 23.8. The van der Waals surface area contributed by atoms with Crippen molar-refractivity contribution < 1.29 is 22.4 Å². The van der Waals surface area contributed by atoms with Gasteiger partial charge in [0.25, 0.3) is 0 Å². The van der Waals surface area contributed by atoms with Gasteiger partial charge >= 0.3 is 0 Å². The van der Waals surface area contributed by atoms with Crippen LogP contribution in [0.15, 0.2) is 45.9 Å². The Hall–Kier alpha value is -3.34. The third-order valence-corrected chi connectivity index (χ3v) is 6.99. The Morgan fingerprint density at radius 3 is 2.56 bits per heavy atom. The van der Waals surface area contributed by atoms with Gasteiger partial charge in [-0.1, -0.05) is 0 Å². The average Bonchev–Trinajstić information content (AvgIpc) is 3.50. The Bertz CT molecular complexity index is 1250. The van der Waals surface area contributed by atoms with Crippen LogP contribution in [0, 0.1) is 6.92 Å². The molecule has 1 aromatic carbocycles. The molecule has 2 aromatic heterocycles. The number of hydrogen-bond donors (Lipinski definition) is 0. The molecule has 34 heavy (non-hydrogen) atoms. The van der Waals surface area contributed by atoms with E-state index >= 15 is 0 Å². The normalized spacial score (nSPS) is 14.1. The molecular weight excluding hydrogens is 458 g/mol. The molecular formula is C23H29N5O5S. The number of hydrogen-bond acceptors (Lipinski definition) is 8. The summed E-state index contributed by atoms with van der Waals surface area (Å²) < 4.78 is 36.6. The van der Waals surface area contributed by atoms with Gasteiger partial charge < -0.3 is 19.0 Å². The summed E-state index contributed by atoms with van der Waals surface area (Å²) in [4.78, 5) is 16.2. The molecule has 0 N–H and O–H groups in total. The Kier molecular flexibility index (Phi) is 6.92. The maximum absolute atomic E-state index is 12.2. The Balaban J connectivity index is 1.50. The van der Waals surface area contributed by atoms with E-state index in [-0.39, 0.29) is 10.8 Å². The second kappa shape index (κ2) is 9.88. The molecule has 0 bridgehead atoms. The summed E-state index contributed by atoms with van der Waals surface area (Å²) in [6.45, 7) is 4.41. The van der Waals surface area contributed by atoms with Crippen molar-refractivity contribution in [2.45, 2.75) is 44.3 Å². The number of carbonyl (C=O) groups is 1. The quantitative estimate of drug-likeness (QED) is 0.429. The van der Waals surface area contributed by atoms with Gasteiger partial charge in [-0.15, -0.1) is 10.2 Å². The van der Waals surface area contributed by atoms with Gasteiger partial charge in [0, 0.05) is 38.4 Å². The number of amides is 1. The van der Waals surface area contributed by atoms with E-state index in [1.807, 2.05) is 29.5 Å². The van der Waals surface area contributed by atoms with Crippen LogP contribution in [0.4, 0.5) is 5.95 Å². The molecule has 0 aliphatic carbocycles. The monoisotopic (exact) mass is 487 g/mol. The third-order valence-electron chi connectivity index (χ3n) is 5.86. The van der Waals surface area contributed by atoms with Gasteiger partial charge in [0.05, 0.1) is 24.2 Å². The van der Waals surface area contributed by atoms with E-state index in [0.29, 0.717) is 56.7 Å². The van der Waals surface area contributed by atoms with E-state index in [1.54, 1.807) is 23.3 Å². The number of aryl methyl sites for hydroxylation is 1. The molecule has 1 aliphatic rings. The van der Waals surface area contributed by atoms with E-state index in [0.717, 1.165) is 17.7 Å². The zero-order chi connectivity index (χ0) is 24.3. The fourth-order valence-corrected chi connectivity index (χ4v) is 4.57. The summed E-state index contributed by atoms with van der Waals surface area (Å²) in [5, 5.41) is 8.79. The van der Waals surface area contributed by atoms with Crippen molar-refractivity contribution in [2.24, 2.45) is 0 Å². The number of likely N-dealkylation sites (tertiary alicyclic amines) is 1. The molecule has 3 heterocycles. The number of aromatic nitrogens is 3. The Morgan fingerprint density at radius 1 is 1.18 bits per heavy atom. The van der Waals surface area contributed by atoms with Crippen LogP contribution in [0.2, 0.25) is 0 Å². The van der Waals surface area contributed by atoms with Gasteiger partial charge in [-0.3, -0.25) is 9.36 Å². The van der Waals surface area contributed by atoms with E-state index in [9.17, 15) is 13.2 Å². The van der Waals surface area contributed by atoms with Crippen LogP contribution in [0.1, 0.15) is 30.0 Å². The van der Waals surface area contributed by atoms with Gasteiger partial charge in [0.1, 0.15) is 18.1 Å². The van der Waals surface area contributed by atoms with Gasteiger partial charge in [0.15, 0.2) is 15.7 Å². The van der Waals surface area contributed by atoms with Crippen molar-refractivity contribution in [2.75, 3.05) is 31.4 Å². The van der Waals surface area contributed by atoms with Crippen molar-refractivity contribution in [3.05, 3.63) is 53.7 Å². The van der Waals surface area contributed by atoms with Crippen molar-refractivity contribution in [3.63, 3.8) is 0 Å². The maximum Gasteiger partial charge on any atom is 0.227 e. The van der Waals surface area contributed by atoms with Crippen LogP contribution >= 0.6 is 0 Å². The fraction of sp³-hybridized carbons (Fsp3) is 0.435. The van der Waals surface area contributed by atoms with Gasteiger partial charge in [0.2, 0.25) is 11.9 Å². The SMILES string of the molecule is Cc1occc1CN(C)c1nnc(CN2CCCC2=O)n1CCOc1ccc(S(C)(=O)=O)cc1. The molecule has 1 fully saturated rings. The largest absolute Gasteiger partial charge is 0.492 e. The molecule has 3 aromatic rings. The number of benzene rings is 1.